The van der Waals surface area contributed by atoms with Crippen LogP contribution in [-0.4, -0.2) is 22.5 Å². The second-order valence-electron chi connectivity index (χ2n) is 5.92. The van der Waals surface area contributed by atoms with Crippen molar-refractivity contribution in [2.75, 3.05) is 7.11 Å². The van der Waals surface area contributed by atoms with E-state index in [0.29, 0.717) is 17.9 Å². The molecule has 0 fully saturated rings. The third kappa shape index (κ3) is 3.99. The van der Waals surface area contributed by atoms with E-state index < -0.39 is 5.97 Å². The van der Waals surface area contributed by atoms with Crippen molar-refractivity contribution in [2.24, 2.45) is 0 Å². The summed E-state index contributed by atoms with van der Waals surface area (Å²) in [5.74, 6) is 0.0598. The van der Waals surface area contributed by atoms with Gasteiger partial charge in [0.15, 0.2) is 0 Å². The Hall–Kier alpha value is -2.82. The predicted octanol–water partition coefficient (Wildman–Crippen LogP) is 4.04. The van der Waals surface area contributed by atoms with Crippen molar-refractivity contribution in [1.82, 2.24) is 9.38 Å². The number of imidazole rings is 1. The number of fused-ring (bicyclic) bond motifs is 1. The molecule has 0 aliphatic carbocycles. The minimum absolute atomic E-state index is 0.379. The predicted molar refractivity (Wildman–Crippen MR) is 95.9 cm³/mol. The molecule has 5 nitrogen and oxygen atoms in total. The summed E-state index contributed by atoms with van der Waals surface area (Å²) in [5, 5.41) is 0. The van der Waals surface area contributed by atoms with E-state index in [1.54, 1.807) is 12.3 Å². The van der Waals surface area contributed by atoms with E-state index in [-0.39, 0.29) is 0 Å². The van der Waals surface area contributed by atoms with Crippen molar-refractivity contribution in [3.8, 4) is 5.75 Å². The molecule has 0 saturated heterocycles. The number of rotatable bonds is 7. The third-order valence-electron chi connectivity index (χ3n) is 4.03. The van der Waals surface area contributed by atoms with Gasteiger partial charge >= 0.3 is 5.97 Å². The Morgan fingerprint density at radius 2 is 2.00 bits per heavy atom. The van der Waals surface area contributed by atoms with Crippen LogP contribution in [0.2, 0.25) is 0 Å². The Labute approximate surface area is 147 Å². The van der Waals surface area contributed by atoms with E-state index >= 15 is 0 Å². The van der Waals surface area contributed by atoms with Gasteiger partial charge in [-0.05, 0) is 18.4 Å². The van der Waals surface area contributed by atoms with Crippen LogP contribution in [0.25, 0.3) is 5.65 Å². The van der Waals surface area contributed by atoms with Crippen molar-refractivity contribution in [1.29, 1.82) is 0 Å². The number of aromatic nitrogens is 2. The van der Waals surface area contributed by atoms with Gasteiger partial charge in [-0.25, -0.2) is 9.78 Å². The average Bonchev–Trinajstić information content (AvgIpc) is 3.05. The van der Waals surface area contributed by atoms with Gasteiger partial charge in [-0.15, -0.1) is 0 Å². The molecule has 2 heterocycles. The van der Waals surface area contributed by atoms with E-state index in [9.17, 15) is 4.79 Å². The third-order valence-corrected chi connectivity index (χ3v) is 4.03. The fourth-order valence-corrected chi connectivity index (χ4v) is 2.66. The first-order chi connectivity index (χ1) is 12.2. The van der Waals surface area contributed by atoms with Gasteiger partial charge in [0.1, 0.15) is 23.6 Å². The summed E-state index contributed by atoms with van der Waals surface area (Å²) >= 11 is 0. The fraction of sp³-hybridized carbons (Fsp3) is 0.300. The summed E-state index contributed by atoms with van der Waals surface area (Å²) in [7, 11) is 1.37. The molecule has 0 bridgehead atoms. The summed E-state index contributed by atoms with van der Waals surface area (Å²) in [6, 6.07) is 11.6. The van der Waals surface area contributed by atoms with Crippen LogP contribution in [0.5, 0.6) is 5.75 Å². The monoisotopic (exact) mass is 338 g/mol. The van der Waals surface area contributed by atoms with Gasteiger partial charge in [-0.1, -0.05) is 43.7 Å². The summed E-state index contributed by atoms with van der Waals surface area (Å²) in [6.45, 7) is 2.53. The second-order valence-corrected chi connectivity index (χ2v) is 5.92. The minimum atomic E-state index is -0.422. The first-order valence-electron chi connectivity index (χ1n) is 8.48. The normalized spacial score (nSPS) is 10.8. The lowest BCUT2D eigenvalue weighted by Crippen LogP contribution is -2.07. The maximum atomic E-state index is 12.1. The number of nitrogens with zero attached hydrogens (tertiary/aromatic N) is 2. The molecule has 0 atom stereocenters. The Morgan fingerprint density at radius 3 is 2.72 bits per heavy atom. The van der Waals surface area contributed by atoms with Gasteiger partial charge in [0, 0.05) is 18.5 Å². The highest BCUT2D eigenvalue weighted by Crippen LogP contribution is 2.24. The number of ether oxygens (including phenoxy) is 2. The molecule has 1 aromatic carbocycles. The van der Waals surface area contributed by atoms with Crippen LogP contribution < -0.4 is 4.74 Å². The van der Waals surface area contributed by atoms with E-state index in [1.165, 1.54) is 7.11 Å². The fourth-order valence-electron chi connectivity index (χ4n) is 2.66. The van der Waals surface area contributed by atoms with Crippen molar-refractivity contribution in [3.05, 3.63) is 65.6 Å². The summed E-state index contributed by atoms with van der Waals surface area (Å²) in [6.07, 6.45) is 6.81. The summed E-state index contributed by atoms with van der Waals surface area (Å²) in [5.41, 5.74) is 3.20. The van der Waals surface area contributed by atoms with Crippen LogP contribution >= 0.6 is 0 Å². The number of hydrogen-bond acceptors (Lipinski definition) is 4. The molecule has 3 aromatic rings. The van der Waals surface area contributed by atoms with E-state index in [0.717, 1.165) is 36.2 Å². The van der Waals surface area contributed by atoms with Crippen molar-refractivity contribution < 1.29 is 14.3 Å². The first-order valence-corrected chi connectivity index (χ1v) is 8.48. The number of hydrogen-bond donors (Lipinski definition) is 0. The number of carbonyl (C=O) groups excluding carboxylic acids is 1. The Kier molecular flexibility index (Phi) is 5.33. The van der Waals surface area contributed by atoms with Crippen LogP contribution in [0.4, 0.5) is 0 Å². The number of methoxy groups -OCH3 is 1. The molecule has 0 unspecified atom stereocenters. The molecule has 25 heavy (non-hydrogen) atoms. The van der Waals surface area contributed by atoms with Crippen LogP contribution in [0.15, 0.2) is 48.8 Å². The van der Waals surface area contributed by atoms with Crippen LogP contribution in [0.3, 0.4) is 0 Å². The molecule has 5 heteroatoms. The standard InChI is InChI=1S/C20H22N2O3/c1-3-4-10-16-12-22-13-17(20(23)24-2)18(11-19(22)21-16)25-14-15-8-6-5-7-9-15/h5-9,11-13H,3-4,10,14H2,1-2H3. The lowest BCUT2D eigenvalue weighted by molar-refractivity contribution is 0.0595. The number of pyridine rings is 1. The smallest absolute Gasteiger partial charge is 0.343 e. The van der Waals surface area contributed by atoms with Crippen molar-refractivity contribution in [2.45, 2.75) is 32.8 Å². The molecule has 0 aliphatic rings. The Bertz CT molecular complexity index is 856. The van der Waals surface area contributed by atoms with Crippen LogP contribution in [0.1, 0.15) is 41.4 Å². The molecule has 0 radical (unpaired) electrons. The molecule has 0 spiro atoms. The maximum absolute atomic E-state index is 12.1. The molecule has 2 aromatic heterocycles. The Balaban J connectivity index is 1.91. The van der Waals surface area contributed by atoms with Gasteiger partial charge in [0.05, 0.1) is 12.8 Å². The number of aryl methyl sites for hydroxylation is 1. The van der Waals surface area contributed by atoms with Gasteiger partial charge in [0.2, 0.25) is 0 Å². The molecule has 0 amide bonds. The molecule has 0 N–H and O–H groups in total. The first kappa shape index (κ1) is 17.0. The lowest BCUT2D eigenvalue weighted by Gasteiger charge is -2.11. The molecule has 0 aliphatic heterocycles. The molecule has 130 valence electrons. The second kappa shape index (κ2) is 7.83. The number of esters is 1. The topological polar surface area (TPSA) is 52.8 Å². The van der Waals surface area contributed by atoms with Gasteiger partial charge < -0.3 is 13.9 Å². The van der Waals surface area contributed by atoms with Gasteiger partial charge in [0.25, 0.3) is 0 Å². The van der Waals surface area contributed by atoms with E-state index in [1.807, 2.05) is 40.9 Å². The van der Waals surface area contributed by atoms with Crippen molar-refractivity contribution in [3.63, 3.8) is 0 Å². The largest absolute Gasteiger partial charge is 0.488 e. The highest BCUT2D eigenvalue weighted by atomic mass is 16.5. The molecule has 3 rings (SSSR count). The van der Waals surface area contributed by atoms with Gasteiger partial charge in [-0.2, -0.15) is 0 Å². The SMILES string of the molecule is CCCCc1cn2cc(C(=O)OC)c(OCc3ccccc3)cc2n1. The highest BCUT2D eigenvalue weighted by molar-refractivity contribution is 5.92. The van der Waals surface area contributed by atoms with E-state index in [4.69, 9.17) is 9.47 Å². The average molecular weight is 338 g/mol. The molecular formula is C20H22N2O3. The van der Waals surface area contributed by atoms with E-state index in [2.05, 4.69) is 11.9 Å². The molecule has 0 saturated carbocycles. The summed E-state index contributed by atoms with van der Waals surface area (Å²) in [4.78, 5) is 16.8. The van der Waals surface area contributed by atoms with Crippen LogP contribution in [-0.2, 0) is 17.8 Å². The maximum Gasteiger partial charge on any atom is 0.343 e. The number of unbranched alkanes of at least 4 members (excludes halogenated alkanes) is 1. The van der Waals surface area contributed by atoms with Crippen LogP contribution in [0, 0.1) is 0 Å². The number of carbonyl (C=O) groups is 1. The lowest BCUT2D eigenvalue weighted by atomic mass is 10.2. The quantitative estimate of drug-likeness (QED) is 0.610. The zero-order valence-corrected chi connectivity index (χ0v) is 14.6. The minimum Gasteiger partial charge on any atom is -0.488 e. The summed E-state index contributed by atoms with van der Waals surface area (Å²) < 4.78 is 12.6. The Morgan fingerprint density at radius 1 is 1.20 bits per heavy atom. The van der Waals surface area contributed by atoms with Gasteiger partial charge in [-0.3, -0.25) is 0 Å². The number of benzene rings is 1. The highest BCUT2D eigenvalue weighted by Gasteiger charge is 2.16. The zero-order chi connectivity index (χ0) is 17.6. The molecular weight excluding hydrogens is 316 g/mol. The zero-order valence-electron chi connectivity index (χ0n) is 14.6. The van der Waals surface area contributed by atoms with Crippen molar-refractivity contribution >= 4 is 11.6 Å².